The molecule has 1 aliphatic heterocycles. The van der Waals surface area contributed by atoms with E-state index in [2.05, 4.69) is 11.9 Å². The highest BCUT2D eigenvalue weighted by Gasteiger charge is 2.64. The summed E-state index contributed by atoms with van der Waals surface area (Å²) in [5.74, 6) is -9.89. The van der Waals surface area contributed by atoms with Crippen molar-refractivity contribution in [2.24, 2.45) is 17.6 Å². The molecule has 5 rings (SSSR count). The summed E-state index contributed by atoms with van der Waals surface area (Å²) in [6.07, 6.45) is 2.73. The second-order valence-corrected chi connectivity index (χ2v) is 11.0. The van der Waals surface area contributed by atoms with Crippen LogP contribution < -0.4 is 11.1 Å². The number of carbonyl (C=O) groups is 4. The predicted octanol–water partition coefficient (Wildman–Crippen LogP) is 0.651. The number of likely N-dealkylation sites (N-methyl/N-ethyl adjacent to an activating group) is 1. The molecule has 41 heavy (non-hydrogen) atoms. The van der Waals surface area contributed by atoms with E-state index in [4.69, 9.17) is 5.73 Å². The average molecular weight is 571 g/mol. The van der Waals surface area contributed by atoms with Crippen molar-refractivity contribution in [1.29, 1.82) is 0 Å². The third-order valence-electron chi connectivity index (χ3n) is 8.68. The number of phenolic OH excluding ortho intramolecular Hbond substituents is 1. The van der Waals surface area contributed by atoms with Crippen LogP contribution in [0.1, 0.15) is 30.4 Å². The SMILES string of the molecule is C=CN(C)[C@@H]1C(=O)C(C(N)=O)=C(O)[C@@]2(O)C(=O)C3=C(O)c4c(O)c(NC(=O)CN5CCCC5)cc(F)c4C[C@H]3C[C@@H]12. The lowest BCUT2D eigenvalue weighted by Gasteiger charge is -2.50. The van der Waals surface area contributed by atoms with E-state index in [0.29, 0.717) is 0 Å². The quantitative estimate of drug-likeness (QED) is 0.209. The molecule has 1 saturated carbocycles. The number of aromatic hydroxyl groups is 1. The summed E-state index contributed by atoms with van der Waals surface area (Å²) in [4.78, 5) is 55.0. The minimum absolute atomic E-state index is 0.0209. The van der Waals surface area contributed by atoms with Gasteiger partial charge in [-0.3, -0.25) is 24.1 Å². The molecule has 1 aromatic rings. The minimum Gasteiger partial charge on any atom is -0.508 e. The molecule has 7 N–H and O–H groups in total. The molecule has 4 aliphatic rings. The predicted molar refractivity (Wildman–Crippen MR) is 143 cm³/mol. The van der Waals surface area contributed by atoms with E-state index < -0.39 is 86.7 Å². The third kappa shape index (κ3) is 4.18. The molecule has 12 nitrogen and oxygen atoms in total. The van der Waals surface area contributed by atoms with Crippen LogP contribution in [0.3, 0.4) is 0 Å². The Kier molecular flexibility index (Phi) is 6.90. The number of nitrogens with one attached hydrogen (secondary N) is 1. The number of ketones is 2. The van der Waals surface area contributed by atoms with Gasteiger partial charge in [0.15, 0.2) is 17.1 Å². The van der Waals surface area contributed by atoms with Crippen molar-refractivity contribution in [3.8, 4) is 5.75 Å². The largest absolute Gasteiger partial charge is 0.508 e. The van der Waals surface area contributed by atoms with Crippen molar-refractivity contribution in [2.45, 2.75) is 37.3 Å². The summed E-state index contributed by atoms with van der Waals surface area (Å²) in [5.41, 5.74) is 0.232. The smallest absolute Gasteiger partial charge is 0.255 e. The number of benzene rings is 1. The number of anilines is 1. The molecule has 0 spiro atoms. The first-order valence-electron chi connectivity index (χ1n) is 13.2. The van der Waals surface area contributed by atoms with Gasteiger partial charge in [0.1, 0.15) is 22.9 Å². The zero-order chi connectivity index (χ0) is 30.0. The fraction of sp³-hybridized carbons (Fsp3) is 0.429. The lowest BCUT2D eigenvalue weighted by Crippen LogP contribution is -2.65. The number of fused-ring (bicyclic) bond motifs is 3. The number of Topliss-reactive ketones (excluding diaryl/α,β-unsaturated/α-hetero) is 2. The fourth-order valence-electron chi connectivity index (χ4n) is 6.68. The Morgan fingerprint density at radius 3 is 2.54 bits per heavy atom. The van der Waals surface area contributed by atoms with Gasteiger partial charge in [-0.2, -0.15) is 0 Å². The lowest BCUT2D eigenvalue weighted by atomic mass is 9.57. The van der Waals surface area contributed by atoms with Crippen LogP contribution in [0.5, 0.6) is 5.75 Å². The van der Waals surface area contributed by atoms with E-state index in [0.717, 1.165) is 32.0 Å². The Hall–Kier alpha value is -4.23. The fourth-order valence-corrected chi connectivity index (χ4v) is 6.68. The number of likely N-dealkylation sites (tertiary alicyclic amines) is 1. The zero-order valence-electron chi connectivity index (χ0n) is 22.3. The molecule has 0 bridgehead atoms. The highest BCUT2D eigenvalue weighted by molar-refractivity contribution is 6.24. The first-order valence-corrected chi connectivity index (χ1v) is 13.2. The second kappa shape index (κ2) is 10.00. The molecule has 218 valence electrons. The zero-order valence-corrected chi connectivity index (χ0v) is 22.3. The third-order valence-corrected chi connectivity index (χ3v) is 8.68. The van der Waals surface area contributed by atoms with Crippen LogP contribution in [0.2, 0.25) is 0 Å². The van der Waals surface area contributed by atoms with Crippen LogP contribution in [-0.2, 0) is 25.6 Å². The van der Waals surface area contributed by atoms with Crippen molar-refractivity contribution in [1.82, 2.24) is 9.80 Å². The van der Waals surface area contributed by atoms with Crippen molar-refractivity contribution in [2.75, 3.05) is 32.0 Å². The second-order valence-electron chi connectivity index (χ2n) is 11.0. The minimum atomic E-state index is -2.84. The van der Waals surface area contributed by atoms with E-state index in [1.54, 1.807) is 0 Å². The Morgan fingerprint density at radius 2 is 1.93 bits per heavy atom. The standard InChI is InChI=1S/C28H31FN4O8/c1-3-32(2)21-14-9-12-8-13-15(29)10-16(31-17(34)11-33-6-4-5-7-33)22(35)19(13)23(36)18(12)25(38)28(14,41)26(39)20(24(21)37)27(30)40/h3,10,12,14,21,35-36,39,41H,1,4-9,11H2,2H3,(H2,30,40)(H,31,34)/t12-,14-,21-,28-/m0/s1. The topological polar surface area (TPSA) is 194 Å². The van der Waals surface area contributed by atoms with Gasteiger partial charge in [0.2, 0.25) is 11.7 Å². The van der Waals surface area contributed by atoms with Crippen LogP contribution in [0.25, 0.3) is 5.76 Å². The summed E-state index contributed by atoms with van der Waals surface area (Å²) in [6.45, 7) is 5.07. The molecule has 1 heterocycles. The van der Waals surface area contributed by atoms with Gasteiger partial charge in [-0.25, -0.2) is 4.39 Å². The number of hydrogen-bond acceptors (Lipinski definition) is 10. The van der Waals surface area contributed by atoms with Crippen molar-refractivity contribution in [3.63, 3.8) is 0 Å². The van der Waals surface area contributed by atoms with E-state index in [1.165, 1.54) is 18.1 Å². The van der Waals surface area contributed by atoms with Gasteiger partial charge in [-0.1, -0.05) is 6.58 Å². The van der Waals surface area contributed by atoms with Gasteiger partial charge < -0.3 is 36.4 Å². The number of nitrogens with two attached hydrogens (primary N) is 1. The summed E-state index contributed by atoms with van der Waals surface area (Å²) in [5, 5.41) is 47.4. The number of primary amides is 1. The number of hydrogen-bond donors (Lipinski definition) is 6. The normalized spacial score (nSPS) is 27.7. The van der Waals surface area contributed by atoms with Crippen LogP contribution in [-0.4, -0.2) is 91.9 Å². The number of aliphatic hydroxyl groups excluding tert-OH is 2. The van der Waals surface area contributed by atoms with Gasteiger partial charge >= 0.3 is 0 Å². The summed E-state index contributed by atoms with van der Waals surface area (Å²) >= 11 is 0. The van der Waals surface area contributed by atoms with Crippen LogP contribution in [0.4, 0.5) is 10.1 Å². The summed E-state index contributed by atoms with van der Waals surface area (Å²) in [6, 6.07) is -0.405. The number of phenols is 1. The molecule has 0 radical (unpaired) electrons. The molecule has 2 amide bonds. The molecular weight excluding hydrogens is 539 g/mol. The molecule has 0 aromatic heterocycles. The number of nitrogens with zero attached hydrogens (tertiary/aromatic N) is 2. The number of carbonyl (C=O) groups excluding carboxylic acids is 4. The molecule has 2 fully saturated rings. The van der Waals surface area contributed by atoms with Crippen LogP contribution in [0, 0.1) is 17.7 Å². The number of amides is 2. The molecular formula is C28H31FN4O8. The molecule has 0 unspecified atom stereocenters. The van der Waals surface area contributed by atoms with Crippen LogP contribution in [0.15, 0.2) is 35.8 Å². The van der Waals surface area contributed by atoms with Crippen LogP contribution >= 0.6 is 0 Å². The first kappa shape index (κ1) is 28.3. The summed E-state index contributed by atoms with van der Waals surface area (Å²) in [7, 11) is 1.43. The molecule has 1 aromatic carbocycles. The Balaban J connectivity index is 1.60. The number of aliphatic hydroxyl groups is 3. The van der Waals surface area contributed by atoms with Crippen molar-refractivity contribution < 1.29 is 44.0 Å². The van der Waals surface area contributed by atoms with Gasteiger partial charge in [0, 0.05) is 30.2 Å². The van der Waals surface area contributed by atoms with Crippen molar-refractivity contribution in [3.05, 3.63) is 52.7 Å². The highest BCUT2D eigenvalue weighted by atomic mass is 19.1. The Morgan fingerprint density at radius 1 is 1.27 bits per heavy atom. The molecule has 3 aliphatic carbocycles. The van der Waals surface area contributed by atoms with Crippen molar-refractivity contribution >= 4 is 34.8 Å². The van der Waals surface area contributed by atoms with Gasteiger partial charge in [-0.05, 0) is 50.9 Å². The maximum atomic E-state index is 15.4. The van der Waals surface area contributed by atoms with E-state index >= 15 is 4.39 Å². The maximum absolute atomic E-state index is 15.4. The Bertz CT molecular complexity index is 1460. The maximum Gasteiger partial charge on any atom is 0.255 e. The van der Waals surface area contributed by atoms with E-state index in [1.807, 2.05) is 4.90 Å². The number of halogens is 1. The monoisotopic (exact) mass is 570 g/mol. The summed E-state index contributed by atoms with van der Waals surface area (Å²) < 4.78 is 15.4. The van der Waals surface area contributed by atoms with Gasteiger partial charge in [0.05, 0.1) is 23.8 Å². The first-order chi connectivity index (χ1) is 19.3. The molecule has 4 atom stereocenters. The lowest BCUT2D eigenvalue weighted by molar-refractivity contribution is -0.153. The molecule has 13 heteroatoms. The van der Waals surface area contributed by atoms with E-state index in [-0.39, 0.29) is 30.6 Å². The van der Waals surface area contributed by atoms with Gasteiger partial charge in [0.25, 0.3) is 5.91 Å². The molecule has 1 saturated heterocycles. The Labute approximate surface area is 234 Å². The van der Waals surface area contributed by atoms with Gasteiger partial charge in [-0.15, -0.1) is 0 Å². The number of rotatable bonds is 6. The average Bonchev–Trinajstić information content (AvgIpc) is 3.41. The van der Waals surface area contributed by atoms with E-state index in [9.17, 15) is 39.6 Å². The highest BCUT2D eigenvalue weighted by Crippen LogP contribution is 2.53.